The molecule has 3 N–H and O–H groups in total. The first-order valence-electron chi connectivity index (χ1n) is 7.08. The molecule has 2 aromatic rings. The largest absolute Gasteiger partial charge is 0.381 e. The van der Waals surface area contributed by atoms with Gasteiger partial charge in [0.05, 0.1) is 0 Å². The van der Waals surface area contributed by atoms with E-state index in [-0.39, 0.29) is 12.0 Å². The molecule has 3 heterocycles. The molecule has 0 saturated carbocycles. The van der Waals surface area contributed by atoms with Gasteiger partial charge in [0, 0.05) is 31.6 Å². The van der Waals surface area contributed by atoms with Gasteiger partial charge in [0.15, 0.2) is 0 Å². The third-order valence-electron chi connectivity index (χ3n) is 3.68. The SMILES string of the molecule is CC(Nc1nc(N)nc(-n2cccn2)n1)C1CCOCC1. The normalized spacial score (nSPS) is 17.6. The molecule has 1 aliphatic heterocycles. The monoisotopic (exact) mass is 289 g/mol. The van der Waals surface area contributed by atoms with E-state index in [9.17, 15) is 0 Å². The van der Waals surface area contributed by atoms with Gasteiger partial charge in [-0.15, -0.1) is 0 Å². The summed E-state index contributed by atoms with van der Waals surface area (Å²) in [6.07, 6.45) is 5.51. The van der Waals surface area contributed by atoms with Crippen molar-refractivity contribution < 1.29 is 4.74 Å². The minimum atomic E-state index is 0.178. The number of ether oxygens (including phenoxy) is 1. The van der Waals surface area contributed by atoms with Gasteiger partial charge >= 0.3 is 0 Å². The average Bonchev–Trinajstić information content (AvgIpc) is 3.02. The lowest BCUT2D eigenvalue weighted by molar-refractivity contribution is 0.0621. The number of hydrogen-bond acceptors (Lipinski definition) is 7. The molecule has 21 heavy (non-hydrogen) atoms. The number of hydrogen-bond donors (Lipinski definition) is 2. The van der Waals surface area contributed by atoms with E-state index in [1.165, 1.54) is 0 Å². The topological polar surface area (TPSA) is 104 Å². The number of nitrogens with zero attached hydrogens (tertiary/aromatic N) is 5. The Hall–Kier alpha value is -2.22. The molecule has 1 aliphatic rings. The van der Waals surface area contributed by atoms with Crippen LogP contribution in [0.2, 0.25) is 0 Å². The standard InChI is InChI=1S/C13H19N7O/c1-9(10-3-7-21-8-4-10)16-12-17-11(14)18-13(19-12)20-6-2-5-15-20/h2,5-6,9-10H,3-4,7-8H2,1H3,(H3,14,16,17,18,19). The molecule has 0 amide bonds. The zero-order valence-electron chi connectivity index (χ0n) is 11.9. The summed E-state index contributed by atoms with van der Waals surface area (Å²) in [7, 11) is 0. The maximum atomic E-state index is 5.76. The summed E-state index contributed by atoms with van der Waals surface area (Å²) < 4.78 is 6.94. The molecule has 3 rings (SSSR count). The van der Waals surface area contributed by atoms with E-state index in [2.05, 4.69) is 32.3 Å². The van der Waals surface area contributed by atoms with Crippen molar-refractivity contribution in [3.8, 4) is 5.95 Å². The molecule has 0 spiro atoms. The van der Waals surface area contributed by atoms with Crippen LogP contribution >= 0.6 is 0 Å². The van der Waals surface area contributed by atoms with Crippen molar-refractivity contribution in [1.29, 1.82) is 0 Å². The first-order chi connectivity index (χ1) is 10.2. The number of nitrogens with two attached hydrogens (primary N) is 1. The Labute approximate surface area is 122 Å². The Morgan fingerprint density at radius 2 is 2.14 bits per heavy atom. The van der Waals surface area contributed by atoms with Crippen LogP contribution in [0.4, 0.5) is 11.9 Å². The third kappa shape index (κ3) is 3.27. The third-order valence-corrected chi connectivity index (χ3v) is 3.68. The van der Waals surface area contributed by atoms with Crippen LogP contribution in [-0.2, 0) is 4.74 Å². The number of aromatic nitrogens is 5. The lowest BCUT2D eigenvalue weighted by Gasteiger charge is -2.28. The van der Waals surface area contributed by atoms with E-state index in [4.69, 9.17) is 10.5 Å². The summed E-state index contributed by atoms with van der Waals surface area (Å²) in [6, 6.07) is 2.05. The molecule has 1 unspecified atom stereocenters. The van der Waals surface area contributed by atoms with Gasteiger partial charge in [-0.1, -0.05) is 0 Å². The van der Waals surface area contributed by atoms with Crippen LogP contribution in [0.25, 0.3) is 5.95 Å². The molecular formula is C13H19N7O. The quantitative estimate of drug-likeness (QED) is 0.860. The number of nitrogen functional groups attached to an aromatic ring is 1. The molecule has 2 aromatic heterocycles. The zero-order valence-corrected chi connectivity index (χ0v) is 11.9. The van der Waals surface area contributed by atoms with Gasteiger partial charge in [-0.05, 0) is 31.7 Å². The van der Waals surface area contributed by atoms with Crippen molar-refractivity contribution in [2.24, 2.45) is 5.92 Å². The Morgan fingerprint density at radius 1 is 1.33 bits per heavy atom. The van der Waals surface area contributed by atoms with Gasteiger partial charge < -0.3 is 15.8 Å². The predicted molar refractivity (Wildman–Crippen MR) is 78.0 cm³/mol. The van der Waals surface area contributed by atoms with Gasteiger partial charge in [-0.2, -0.15) is 20.1 Å². The fraction of sp³-hybridized carbons (Fsp3) is 0.538. The van der Waals surface area contributed by atoms with Crippen LogP contribution in [0.5, 0.6) is 0 Å². The second-order valence-electron chi connectivity index (χ2n) is 5.15. The highest BCUT2D eigenvalue weighted by Crippen LogP contribution is 2.21. The molecule has 0 bridgehead atoms. The number of anilines is 2. The summed E-state index contributed by atoms with van der Waals surface area (Å²) in [4.78, 5) is 12.6. The molecule has 0 radical (unpaired) electrons. The molecule has 1 atom stereocenters. The lowest BCUT2D eigenvalue weighted by atomic mass is 9.93. The summed E-state index contributed by atoms with van der Waals surface area (Å²) in [5.41, 5.74) is 5.76. The first kappa shape index (κ1) is 13.7. The number of rotatable bonds is 4. The molecule has 8 nitrogen and oxygen atoms in total. The predicted octanol–water partition coefficient (Wildman–Crippen LogP) is 0.866. The number of nitrogens with one attached hydrogen (secondary N) is 1. The molecule has 1 fully saturated rings. The van der Waals surface area contributed by atoms with Crippen LogP contribution in [0.15, 0.2) is 18.5 Å². The maximum Gasteiger partial charge on any atom is 0.257 e. The molecule has 0 aromatic carbocycles. The Balaban J connectivity index is 1.75. The maximum absolute atomic E-state index is 5.76. The fourth-order valence-corrected chi connectivity index (χ4v) is 2.47. The van der Waals surface area contributed by atoms with Crippen LogP contribution in [0.1, 0.15) is 19.8 Å². The van der Waals surface area contributed by atoms with Crippen molar-refractivity contribution >= 4 is 11.9 Å². The van der Waals surface area contributed by atoms with E-state index in [1.54, 1.807) is 23.1 Å². The molecule has 1 saturated heterocycles. The van der Waals surface area contributed by atoms with Gasteiger partial charge in [0.25, 0.3) is 5.95 Å². The minimum absolute atomic E-state index is 0.178. The highest BCUT2D eigenvalue weighted by Gasteiger charge is 2.21. The zero-order chi connectivity index (χ0) is 14.7. The van der Waals surface area contributed by atoms with Crippen LogP contribution < -0.4 is 11.1 Å². The Bertz CT molecular complexity index is 580. The van der Waals surface area contributed by atoms with E-state index < -0.39 is 0 Å². The summed E-state index contributed by atoms with van der Waals surface area (Å²) in [6.45, 7) is 3.76. The Morgan fingerprint density at radius 3 is 2.86 bits per heavy atom. The lowest BCUT2D eigenvalue weighted by Crippen LogP contribution is -2.31. The molecule has 0 aliphatic carbocycles. The second kappa shape index (κ2) is 6.04. The fourth-order valence-electron chi connectivity index (χ4n) is 2.47. The van der Waals surface area contributed by atoms with Crippen molar-refractivity contribution in [2.45, 2.75) is 25.8 Å². The van der Waals surface area contributed by atoms with E-state index in [1.807, 2.05) is 0 Å². The van der Waals surface area contributed by atoms with Crippen LogP contribution in [0.3, 0.4) is 0 Å². The molecule has 112 valence electrons. The molecule has 8 heteroatoms. The van der Waals surface area contributed by atoms with Crippen molar-refractivity contribution in [3.05, 3.63) is 18.5 Å². The van der Waals surface area contributed by atoms with Crippen molar-refractivity contribution in [1.82, 2.24) is 24.7 Å². The van der Waals surface area contributed by atoms with Gasteiger partial charge in [0.2, 0.25) is 11.9 Å². The minimum Gasteiger partial charge on any atom is -0.381 e. The van der Waals surface area contributed by atoms with Crippen LogP contribution in [0, 0.1) is 5.92 Å². The highest BCUT2D eigenvalue weighted by atomic mass is 16.5. The smallest absolute Gasteiger partial charge is 0.257 e. The highest BCUT2D eigenvalue weighted by molar-refractivity contribution is 5.35. The van der Waals surface area contributed by atoms with Crippen molar-refractivity contribution in [2.75, 3.05) is 24.3 Å². The van der Waals surface area contributed by atoms with E-state index in [0.29, 0.717) is 17.8 Å². The van der Waals surface area contributed by atoms with E-state index in [0.717, 1.165) is 26.1 Å². The van der Waals surface area contributed by atoms with Gasteiger partial charge in [0.1, 0.15) is 0 Å². The summed E-state index contributed by atoms with van der Waals surface area (Å²) >= 11 is 0. The summed E-state index contributed by atoms with van der Waals surface area (Å²) in [5, 5.41) is 7.42. The molecular weight excluding hydrogens is 270 g/mol. The average molecular weight is 289 g/mol. The Kier molecular flexibility index (Phi) is 3.96. The van der Waals surface area contributed by atoms with Gasteiger partial charge in [-0.3, -0.25) is 0 Å². The summed E-state index contributed by atoms with van der Waals surface area (Å²) in [5.74, 6) is 1.61. The first-order valence-corrected chi connectivity index (χ1v) is 7.08. The van der Waals surface area contributed by atoms with Crippen molar-refractivity contribution in [3.63, 3.8) is 0 Å². The second-order valence-corrected chi connectivity index (χ2v) is 5.15. The van der Waals surface area contributed by atoms with Crippen LogP contribution in [-0.4, -0.2) is 44.0 Å². The van der Waals surface area contributed by atoms with Gasteiger partial charge in [-0.25, -0.2) is 4.68 Å². The van der Waals surface area contributed by atoms with E-state index >= 15 is 0 Å².